The van der Waals surface area contributed by atoms with Gasteiger partial charge in [-0.2, -0.15) is 0 Å². The minimum absolute atomic E-state index is 0.316. The lowest BCUT2D eigenvalue weighted by Gasteiger charge is -2.22. The Kier molecular flexibility index (Phi) is 9.19. The summed E-state index contributed by atoms with van der Waals surface area (Å²) in [5.41, 5.74) is 5.08. The monoisotopic (exact) mass is 409 g/mol. The Labute approximate surface area is 180 Å². The second-order valence-electron chi connectivity index (χ2n) is 7.61. The number of ether oxygens (including phenoxy) is 2. The highest BCUT2D eigenvalue weighted by Crippen LogP contribution is 2.15. The standard InChI is InChI=1S/C25H35N3O2/c1-3-22-10-5-6-11-23(22)18-28-25(26-4-2)27-17-20-8-7-9-21(16-20)19-30-24-12-14-29-15-13-24/h5-11,16,24H,3-4,12-15,17-19H2,1-2H3,(H2,26,27,28). The van der Waals surface area contributed by atoms with E-state index in [1.54, 1.807) is 0 Å². The van der Waals surface area contributed by atoms with Crippen molar-refractivity contribution in [3.05, 3.63) is 70.8 Å². The van der Waals surface area contributed by atoms with Gasteiger partial charge in [-0.15, -0.1) is 0 Å². The van der Waals surface area contributed by atoms with Crippen molar-refractivity contribution in [3.8, 4) is 0 Å². The molecule has 2 aromatic rings. The van der Waals surface area contributed by atoms with Gasteiger partial charge in [0.2, 0.25) is 0 Å². The van der Waals surface area contributed by atoms with E-state index < -0.39 is 0 Å². The second kappa shape index (κ2) is 12.4. The van der Waals surface area contributed by atoms with Crippen LogP contribution in [0, 0.1) is 0 Å². The van der Waals surface area contributed by atoms with Crippen LogP contribution >= 0.6 is 0 Å². The van der Waals surface area contributed by atoms with E-state index in [1.165, 1.54) is 22.3 Å². The average Bonchev–Trinajstić information content (AvgIpc) is 2.80. The smallest absolute Gasteiger partial charge is 0.191 e. The predicted octanol–water partition coefficient (Wildman–Crippen LogP) is 4.20. The Morgan fingerprint density at radius 1 is 1.00 bits per heavy atom. The van der Waals surface area contributed by atoms with Crippen LogP contribution in [0.2, 0.25) is 0 Å². The van der Waals surface area contributed by atoms with Gasteiger partial charge in [-0.05, 0) is 48.4 Å². The summed E-state index contributed by atoms with van der Waals surface area (Å²) in [6.45, 7) is 8.78. The molecule has 0 radical (unpaired) electrons. The van der Waals surface area contributed by atoms with E-state index in [2.05, 4.69) is 73.0 Å². The Balaban J connectivity index is 1.55. The molecule has 1 fully saturated rings. The van der Waals surface area contributed by atoms with Gasteiger partial charge in [0, 0.05) is 26.3 Å². The summed E-state index contributed by atoms with van der Waals surface area (Å²) in [7, 11) is 0. The lowest BCUT2D eigenvalue weighted by molar-refractivity contribution is -0.0390. The third-order valence-electron chi connectivity index (χ3n) is 5.35. The molecule has 0 bridgehead atoms. The van der Waals surface area contributed by atoms with Gasteiger partial charge in [-0.3, -0.25) is 0 Å². The zero-order valence-corrected chi connectivity index (χ0v) is 18.3. The fourth-order valence-corrected chi connectivity index (χ4v) is 3.64. The number of aryl methyl sites for hydroxylation is 1. The summed E-state index contributed by atoms with van der Waals surface area (Å²) >= 11 is 0. The van der Waals surface area contributed by atoms with Crippen molar-refractivity contribution >= 4 is 5.96 Å². The van der Waals surface area contributed by atoms with Gasteiger partial charge < -0.3 is 20.1 Å². The van der Waals surface area contributed by atoms with Crippen LogP contribution in [0.15, 0.2) is 53.5 Å². The number of benzene rings is 2. The van der Waals surface area contributed by atoms with Crippen molar-refractivity contribution in [2.45, 2.75) is 58.9 Å². The van der Waals surface area contributed by atoms with Crippen LogP contribution in [-0.2, 0) is 35.6 Å². The molecule has 0 aliphatic carbocycles. The molecule has 1 heterocycles. The van der Waals surface area contributed by atoms with Gasteiger partial charge >= 0.3 is 0 Å². The Morgan fingerprint density at radius 2 is 1.77 bits per heavy atom. The molecule has 1 saturated heterocycles. The van der Waals surface area contributed by atoms with E-state index in [1.807, 2.05) is 0 Å². The summed E-state index contributed by atoms with van der Waals surface area (Å²) < 4.78 is 11.5. The number of hydrogen-bond donors (Lipinski definition) is 2. The number of nitrogens with zero attached hydrogens (tertiary/aromatic N) is 1. The maximum Gasteiger partial charge on any atom is 0.191 e. The lowest BCUT2D eigenvalue weighted by Crippen LogP contribution is -2.37. The minimum Gasteiger partial charge on any atom is -0.381 e. The van der Waals surface area contributed by atoms with Crippen LogP contribution < -0.4 is 10.6 Å². The SMILES string of the molecule is CCNC(=NCc1cccc(COC2CCOCC2)c1)NCc1ccccc1CC. The molecule has 2 N–H and O–H groups in total. The molecule has 1 aliphatic rings. The Bertz CT molecular complexity index is 800. The maximum atomic E-state index is 6.06. The average molecular weight is 410 g/mol. The van der Waals surface area contributed by atoms with Crippen LogP contribution in [-0.4, -0.2) is 31.8 Å². The quantitative estimate of drug-likeness (QED) is 0.481. The first kappa shape index (κ1) is 22.3. The molecule has 0 atom stereocenters. The molecular formula is C25H35N3O2. The van der Waals surface area contributed by atoms with Gasteiger partial charge in [-0.1, -0.05) is 55.5 Å². The molecule has 0 unspecified atom stereocenters. The maximum absolute atomic E-state index is 6.06. The molecule has 162 valence electrons. The number of aliphatic imine (C=N–C) groups is 1. The van der Waals surface area contributed by atoms with Crippen LogP contribution in [0.4, 0.5) is 0 Å². The van der Waals surface area contributed by atoms with Crippen molar-refractivity contribution < 1.29 is 9.47 Å². The topological polar surface area (TPSA) is 54.9 Å². The van der Waals surface area contributed by atoms with E-state index >= 15 is 0 Å². The molecule has 3 rings (SSSR count). The van der Waals surface area contributed by atoms with Gasteiger partial charge in [0.05, 0.1) is 19.3 Å². The number of hydrogen-bond acceptors (Lipinski definition) is 3. The highest BCUT2D eigenvalue weighted by atomic mass is 16.5. The predicted molar refractivity (Wildman–Crippen MR) is 123 cm³/mol. The molecule has 30 heavy (non-hydrogen) atoms. The lowest BCUT2D eigenvalue weighted by atomic mass is 10.1. The summed E-state index contributed by atoms with van der Waals surface area (Å²) in [4.78, 5) is 4.78. The fraction of sp³-hybridized carbons (Fsp3) is 0.480. The van der Waals surface area contributed by atoms with E-state index in [-0.39, 0.29) is 0 Å². The first-order valence-corrected chi connectivity index (χ1v) is 11.1. The largest absolute Gasteiger partial charge is 0.381 e. The number of nitrogens with one attached hydrogen (secondary N) is 2. The van der Waals surface area contributed by atoms with E-state index in [0.717, 1.165) is 51.5 Å². The fourth-order valence-electron chi connectivity index (χ4n) is 3.64. The van der Waals surface area contributed by atoms with Crippen LogP contribution in [0.25, 0.3) is 0 Å². The van der Waals surface area contributed by atoms with Crippen molar-refractivity contribution in [2.75, 3.05) is 19.8 Å². The summed E-state index contributed by atoms with van der Waals surface area (Å²) in [5.74, 6) is 0.840. The molecule has 0 amide bonds. The molecule has 2 aromatic carbocycles. The molecule has 0 spiro atoms. The molecule has 0 saturated carbocycles. The molecule has 5 heteroatoms. The van der Waals surface area contributed by atoms with Gasteiger partial charge in [0.15, 0.2) is 5.96 Å². The van der Waals surface area contributed by atoms with E-state index in [9.17, 15) is 0 Å². The zero-order valence-electron chi connectivity index (χ0n) is 18.3. The summed E-state index contributed by atoms with van der Waals surface area (Å²) in [5, 5.41) is 6.81. The Morgan fingerprint density at radius 3 is 2.53 bits per heavy atom. The van der Waals surface area contributed by atoms with E-state index in [4.69, 9.17) is 14.5 Å². The van der Waals surface area contributed by atoms with Crippen LogP contribution in [0.1, 0.15) is 48.9 Å². The first-order valence-electron chi connectivity index (χ1n) is 11.1. The van der Waals surface area contributed by atoms with Crippen molar-refractivity contribution in [2.24, 2.45) is 4.99 Å². The van der Waals surface area contributed by atoms with Gasteiger partial charge in [0.1, 0.15) is 0 Å². The van der Waals surface area contributed by atoms with Crippen LogP contribution in [0.5, 0.6) is 0 Å². The number of rotatable bonds is 9. The second-order valence-corrected chi connectivity index (χ2v) is 7.61. The van der Waals surface area contributed by atoms with Gasteiger partial charge in [0.25, 0.3) is 0 Å². The van der Waals surface area contributed by atoms with Crippen molar-refractivity contribution in [3.63, 3.8) is 0 Å². The van der Waals surface area contributed by atoms with Crippen molar-refractivity contribution in [1.29, 1.82) is 0 Å². The molecule has 0 aromatic heterocycles. The number of guanidine groups is 1. The minimum atomic E-state index is 0.316. The molecular weight excluding hydrogens is 374 g/mol. The zero-order chi connectivity index (χ0) is 21.0. The molecule has 5 nitrogen and oxygen atoms in total. The third kappa shape index (κ3) is 7.15. The van der Waals surface area contributed by atoms with Crippen molar-refractivity contribution in [1.82, 2.24) is 10.6 Å². The molecule has 1 aliphatic heterocycles. The Hall–Kier alpha value is -2.37. The van der Waals surface area contributed by atoms with Crippen LogP contribution in [0.3, 0.4) is 0 Å². The first-order chi connectivity index (χ1) is 14.8. The highest BCUT2D eigenvalue weighted by Gasteiger charge is 2.14. The van der Waals surface area contributed by atoms with Gasteiger partial charge in [-0.25, -0.2) is 4.99 Å². The third-order valence-corrected chi connectivity index (χ3v) is 5.35. The highest BCUT2D eigenvalue weighted by molar-refractivity contribution is 5.79. The summed E-state index contributed by atoms with van der Waals surface area (Å²) in [6.07, 6.45) is 3.33. The van der Waals surface area contributed by atoms with E-state index in [0.29, 0.717) is 19.3 Å². The summed E-state index contributed by atoms with van der Waals surface area (Å²) in [6, 6.07) is 17.1. The normalized spacial score (nSPS) is 15.2.